The number of imidazole rings is 1. The molecular formula is C11H10N4O3. The number of nitrogens with zero attached hydrogens (tertiary/aromatic N) is 2. The maximum absolute atomic E-state index is 11.7. The number of aromatic amines is 1. The number of hydrogen-bond acceptors (Lipinski definition) is 4. The van der Waals surface area contributed by atoms with Crippen LogP contribution in [-0.4, -0.2) is 20.8 Å². The Hall–Kier alpha value is -2.70. The molecule has 2 rings (SSSR count). The van der Waals surface area contributed by atoms with Crippen molar-refractivity contribution in [3.05, 3.63) is 52.1 Å². The van der Waals surface area contributed by atoms with Crippen molar-refractivity contribution >= 4 is 17.3 Å². The molecule has 2 aromatic rings. The Kier molecular flexibility index (Phi) is 3.05. The monoisotopic (exact) mass is 246 g/mol. The first-order valence-corrected chi connectivity index (χ1v) is 5.13. The highest BCUT2D eigenvalue weighted by atomic mass is 16.6. The second-order valence-corrected chi connectivity index (χ2v) is 3.65. The Morgan fingerprint density at radius 3 is 2.89 bits per heavy atom. The summed E-state index contributed by atoms with van der Waals surface area (Å²) >= 11 is 0. The second kappa shape index (κ2) is 4.66. The van der Waals surface area contributed by atoms with Crippen LogP contribution >= 0.6 is 0 Å². The summed E-state index contributed by atoms with van der Waals surface area (Å²) in [6.07, 6.45) is 2.97. The molecule has 0 atom stereocenters. The zero-order valence-electron chi connectivity index (χ0n) is 9.51. The third-order valence-corrected chi connectivity index (χ3v) is 2.38. The van der Waals surface area contributed by atoms with E-state index in [1.807, 2.05) is 0 Å². The van der Waals surface area contributed by atoms with Crippen molar-refractivity contribution in [3.63, 3.8) is 0 Å². The quantitative estimate of drug-likeness (QED) is 0.637. The number of hydrogen-bond donors (Lipinski definition) is 2. The first-order valence-electron chi connectivity index (χ1n) is 5.13. The number of aromatic nitrogens is 2. The van der Waals surface area contributed by atoms with Gasteiger partial charge in [0.1, 0.15) is 0 Å². The van der Waals surface area contributed by atoms with E-state index in [1.165, 1.54) is 18.5 Å². The lowest BCUT2D eigenvalue weighted by Crippen LogP contribution is -2.13. The highest BCUT2D eigenvalue weighted by Crippen LogP contribution is 2.22. The highest BCUT2D eigenvalue weighted by molar-refractivity contribution is 6.01. The standard InChI is InChI=1S/C11H10N4O3/c1-7-2-3-8(6-9(7)15(17)18)14-11(16)10-12-4-5-13-10/h2-6H,1H3,(H,12,13)(H,14,16). The molecule has 0 radical (unpaired) electrons. The Morgan fingerprint density at radius 1 is 1.50 bits per heavy atom. The fourth-order valence-electron chi connectivity index (χ4n) is 1.46. The van der Waals surface area contributed by atoms with E-state index in [4.69, 9.17) is 0 Å². The molecule has 0 saturated carbocycles. The second-order valence-electron chi connectivity index (χ2n) is 3.65. The predicted octanol–water partition coefficient (Wildman–Crippen LogP) is 1.88. The lowest BCUT2D eigenvalue weighted by atomic mass is 10.2. The average Bonchev–Trinajstić information content (AvgIpc) is 2.85. The Bertz CT molecular complexity index is 592. The van der Waals surface area contributed by atoms with Crippen LogP contribution in [0.25, 0.3) is 0 Å². The summed E-state index contributed by atoms with van der Waals surface area (Å²) in [5, 5.41) is 13.3. The van der Waals surface area contributed by atoms with E-state index < -0.39 is 10.8 Å². The third kappa shape index (κ3) is 2.34. The van der Waals surface area contributed by atoms with Crippen LogP contribution in [0.3, 0.4) is 0 Å². The van der Waals surface area contributed by atoms with E-state index in [0.29, 0.717) is 11.3 Å². The van der Waals surface area contributed by atoms with Crippen LogP contribution in [0.1, 0.15) is 16.2 Å². The van der Waals surface area contributed by atoms with Crippen molar-refractivity contribution in [1.29, 1.82) is 0 Å². The number of carbonyl (C=O) groups is 1. The summed E-state index contributed by atoms with van der Waals surface area (Å²) in [5.41, 5.74) is 0.858. The van der Waals surface area contributed by atoms with Gasteiger partial charge in [0.25, 0.3) is 11.6 Å². The van der Waals surface area contributed by atoms with Crippen LogP contribution in [0.4, 0.5) is 11.4 Å². The minimum atomic E-state index is -0.488. The number of aryl methyl sites for hydroxylation is 1. The topological polar surface area (TPSA) is 101 Å². The molecule has 7 heteroatoms. The van der Waals surface area contributed by atoms with Crippen molar-refractivity contribution in [2.45, 2.75) is 6.92 Å². The molecule has 1 aromatic heterocycles. The first-order chi connectivity index (χ1) is 8.58. The number of benzene rings is 1. The number of nitro benzene ring substituents is 1. The summed E-state index contributed by atoms with van der Waals surface area (Å²) in [4.78, 5) is 28.4. The molecule has 0 aliphatic heterocycles. The molecular weight excluding hydrogens is 236 g/mol. The maximum atomic E-state index is 11.7. The van der Waals surface area contributed by atoms with E-state index in [9.17, 15) is 14.9 Å². The number of H-pyrrole nitrogens is 1. The van der Waals surface area contributed by atoms with Crippen molar-refractivity contribution in [2.24, 2.45) is 0 Å². The molecule has 1 aromatic carbocycles. The molecule has 0 saturated heterocycles. The minimum absolute atomic E-state index is 0.0350. The van der Waals surface area contributed by atoms with Gasteiger partial charge in [-0.25, -0.2) is 4.98 Å². The van der Waals surface area contributed by atoms with Gasteiger partial charge in [0, 0.05) is 29.7 Å². The number of nitrogens with one attached hydrogen (secondary N) is 2. The fourth-order valence-corrected chi connectivity index (χ4v) is 1.46. The minimum Gasteiger partial charge on any atom is -0.341 e. The van der Waals surface area contributed by atoms with Crippen molar-refractivity contribution in [1.82, 2.24) is 9.97 Å². The van der Waals surface area contributed by atoms with Crippen LogP contribution < -0.4 is 5.32 Å². The summed E-state index contributed by atoms with van der Waals surface area (Å²) in [5.74, 6) is -0.295. The van der Waals surface area contributed by atoms with Gasteiger partial charge in [-0.2, -0.15) is 0 Å². The fraction of sp³-hybridized carbons (Fsp3) is 0.0909. The van der Waals surface area contributed by atoms with Crippen LogP contribution in [0.15, 0.2) is 30.6 Å². The molecule has 0 bridgehead atoms. The molecule has 2 N–H and O–H groups in total. The zero-order valence-corrected chi connectivity index (χ0v) is 9.51. The average molecular weight is 246 g/mol. The third-order valence-electron chi connectivity index (χ3n) is 2.38. The SMILES string of the molecule is Cc1ccc(NC(=O)c2ncc[nH]2)cc1[N+](=O)[O-]. The number of carbonyl (C=O) groups excluding carboxylic acids is 1. The highest BCUT2D eigenvalue weighted by Gasteiger charge is 2.13. The van der Waals surface area contributed by atoms with E-state index in [0.717, 1.165) is 0 Å². The molecule has 0 fully saturated rings. The van der Waals surface area contributed by atoms with Gasteiger partial charge in [0.05, 0.1) is 4.92 Å². The Labute approximate surface area is 102 Å². The molecule has 18 heavy (non-hydrogen) atoms. The van der Waals surface area contributed by atoms with Gasteiger partial charge in [-0.1, -0.05) is 6.07 Å². The van der Waals surface area contributed by atoms with E-state index in [2.05, 4.69) is 15.3 Å². The van der Waals surface area contributed by atoms with Gasteiger partial charge in [0.2, 0.25) is 0 Å². The largest absolute Gasteiger partial charge is 0.341 e. The molecule has 0 aliphatic carbocycles. The van der Waals surface area contributed by atoms with Crippen molar-refractivity contribution in [2.75, 3.05) is 5.32 Å². The zero-order chi connectivity index (χ0) is 13.1. The van der Waals surface area contributed by atoms with Crippen molar-refractivity contribution in [3.8, 4) is 0 Å². The summed E-state index contributed by atoms with van der Waals surface area (Å²) in [6.45, 7) is 1.64. The Morgan fingerprint density at radius 2 is 2.28 bits per heavy atom. The van der Waals surface area contributed by atoms with Crippen molar-refractivity contribution < 1.29 is 9.72 Å². The number of anilines is 1. The molecule has 92 valence electrons. The molecule has 7 nitrogen and oxygen atoms in total. The van der Waals surface area contributed by atoms with Crippen LogP contribution in [0.5, 0.6) is 0 Å². The maximum Gasteiger partial charge on any atom is 0.291 e. The van der Waals surface area contributed by atoms with E-state index in [-0.39, 0.29) is 11.5 Å². The van der Waals surface area contributed by atoms with Crippen LogP contribution in [-0.2, 0) is 0 Å². The molecule has 0 unspecified atom stereocenters. The van der Waals surface area contributed by atoms with Gasteiger partial charge >= 0.3 is 0 Å². The van der Waals surface area contributed by atoms with Gasteiger partial charge in [-0.3, -0.25) is 14.9 Å². The lowest BCUT2D eigenvalue weighted by Gasteiger charge is -2.04. The van der Waals surface area contributed by atoms with Gasteiger partial charge < -0.3 is 10.3 Å². The smallest absolute Gasteiger partial charge is 0.291 e. The molecule has 0 aliphatic rings. The summed E-state index contributed by atoms with van der Waals surface area (Å²) in [7, 11) is 0. The van der Waals surface area contributed by atoms with Crippen LogP contribution in [0.2, 0.25) is 0 Å². The van der Waals surface area contributed by atoms with E-state index >= 15 is 0 Å². The molecule has 1 amide bonds. The number of nitro groups is 1. The number of amides is 1. The summed E-state index contributed by atoms with van der Waals surface area (Å²) in [6, 6.07) is 4.50. The predicted molar refractivity (Wildman–Crippen MR) is 64.4 cm³/mol. The van der Waals surface area contributed by atoms with Gasteiger partial charge in [-0.05, 0) is 13.0 Å². The van der Waals surface area contributed by atoms with Gasteiger partial charge in [-0.15, -0.1) is 0 Å². The Balaban J connectivity index is 2.22. The molecule has 1 heterocycles. The summed E-state index contributed by atoms with van der Waals surface area (Å²) < 4.78 is 0. The lowest BCUT2D eigenvalue weighted by molar-refractivity contribution is -0.385. The normalized spacial score (nSPS) is 10.1. The van der Waals surface area contributed by atoms with E-state index in [1.54, 1.807) is 19.1 Å². The van der Waals surface area contributed by atoms with Crippen LogP contribution in [0, 0.1) is 17.0 Å². The number of rotatable bonds is 3. The molecule has 0 spiro atoms. The first kappa shape index (κ1) is 11.8. The van der Waals surface area contributed by atoms with Gasteiger partial charge in [0.15, 0.2) is 5.82 Å².